The van der Waals surface area contributed by atoms with Gasteiger partial charge in [-0.25, -0.2) is 0 Å². The summed E-state index contributed by atoms with van der Waals surface area (Å²) in [6.45, 7) is 8.21. The second-order valence-electron chi connectivity index (χ2n) is 12.4. The third kappa shape index (κ3) is 10.4. The van der Waals surface area contributed by atoms with Gasteiger partial charge in [-0.05, 0) is 88.5 Å². The Morgan fingerprint density at radius 1 is 0.913 bits per heavy atom. The van der Waals surface area contributed by atoms with Crippen LogP contribution in [0.25, 0.3) is 17.2 Å². The molecule has 0 heterocycles. The molecule has 0 bridgehead atoms. The third-order valence-corrected chi connectivity index (χ3v) is 8.34. The minimum atomic E-state index is -4.17. The Hall–Kier alpha value is -4.24. The van der Waals surface area contributed by atoms with Crippen molar-refractivity contribution < 1.29 is 22.6 Å². The van der Waals surface area contributed by atoms with E-state index in [-0.39, 0.29) is 17.9 Å². The molecule has 9 heteroatoms. The van der Waals surface area contributed by atoms with Gasteiger partial charge in [-0.2, -0.15) is 8.42 Å². The highest BCUT2D eigenvalue weighted by molar-refractivity contribution is 7.85. The number of carbonyl (C=O) groups excluding carboxylic acids is 2. The Balaban J connectivity index is 1.54. The molecule has 7 nitrogen and oxygen atoms in total. The molecule has 1 atom stereocenters. The third-order valence-electron chi connectivity index (χ3n) is 7.38. The highest BCUT2D eigenvalue weighted by Gasteiger charge is 2.22. The van der Waals surface area contributed by atoms with Crippen LogP contribution < -0.4 is 10.6 Å². The summed E-state index contributed by atoms with van der Waals surface area (Å²) in [6, 6.07) is 28.2. The first-order valence-electron chi connectivity index (χ1n) is 15.0. The normalized spacial score (nSPS) is 12.6. The molecule has 0 spiro atoms. The summed E-state index contributed by atoms with van der Waals surface area (Å²) < 4.78 is 30.8. The Morgan fingerprint density at radius 2 is 1.57 bits per heavy atom. The van der Waals surface area contributed by atoms with E-state index >= 15 is 0 Å². The number of halogens is 1. The van der Waals surface area contributed by atoms with Crippen LogP contribution in [0.4, 0.5) is 5.69 Å². The van der Waals surface area contributed by atoms with Gasteiger partial charge in [0.1, 0.15) is 0 Å². The van der Waals surface area contributed by atoms with Crippen molar-refractivity contribution in [1.82, 2.24) is 5.32 Å². The summed E-state index contributed by atoms with van der Waals surface area (Å²) in [5.41, 5.74) is 6.94. The maximum absolute atomic E-state index is 13.8. The SMILES string of the molecule is Cc1cc(Cl)ccc1-c1ccc(NC(=O)C(Cc2ccc(C(=O)NCCS(=O)(=O)O)cc2)c2ccc(/C=C/C(C)(C)C)cc2)cc1. The van der Waals surface area contributed by atoms with E-state index in [4.69, 9.17) is 16.2 Å². The number of allylic oxidation sites excluding steroid dienone is 1. The van der Waals surface area contributed by atoms with Crippen LogP contribution in [0.1, 0.15) is 59.3 Å². The molecule has 0 aromatic heterocycles. The number of rotatable bonds is 11. The number of aryl methyl sites for hydroxylation is 1. The van der Waals surface area contributed by atoms with Gasteiger partial charge in [0.05, 0.1) is 11.7 Å². The lowest BCUT2D eigenvalue weighted by Crippen LogP contribution is -2.28. The van der Waals surface area contributed by atoms with E-state index in [1.54, 1.807) is 24.3 Å². The van der Waals surface area contributed by atoms with Crippen molar-refractivity contribution in [3.05, 3.63) is 130 Å². The fraction of sp³-hybridized carbons (Fsp3) is 0.243. The van der Waals surface area contributed by atoms with E-state index in [1.807, 2.05) is 73.7 Å². The van der Waals surface area contributed by atoms with Crippen LogP contribution in [0.15, 0.2) is 97.1 Å². The molecular weight excluding hydrogens is 620 g/mol. The van der Waals surface area contributed by atoms with Crippen LogP contribution in [0.3, 0.4) is 0 Å². The highest BCUT2D eigenvalue weighted by atomic mass is 35.5. The molecule has 4 aromatic rings. The Morgan fingerprint density at radius 3 is 2.15 bits per heavy atom. The van der Waals surface area contributed by atoms with E-state index in [0.29, 0.717) is 22.7 Å². The zero-order chi connectivity index (χ0) is 33.5. The molecule has 4 aromatic carbocycles. The summed E-state index contributed by atoms with van der Waals surface area (Å²) in [5.74, 6) is -1.71. The van der Waals surface area contributed by atoms with Crippen molar-refractivity contribution in [1.29, 1.82) is 0 Å². The van der Waals surface area contributed by atoms with Crippen molar-refractivity contribution in [2.75, 3.05) is 17.6 Å². The van der Waals surface area contributed by atoms with Gasteiger partial charge in [0, 0.05) is 22.8 Å². The zero-order valence-electron chi connectivity index (χ0n) is 26.4. The average Bonchev–Trinajstić information content (AvgIpc) is 2.99. The van der Waals surface area contributed by atoms with Gasteiger partial charge in [0.15, 0.2) is 0 Å². The first-order valence-corrected chi connectivity index (χ1v) is 16.9. The Kier molecular flexibility index (Phi) is 11.2. The predicted octanol–water partition coefficient (Wildman–Crippen LogP) is 7.96. The fourth-order valence-electron chi connectivity index (χ4n) is 4.88. The number of amides is 2. The molecule has 0 saturated heterocycles. The molecule has 2 amide bonds. The lowest BCUT2D eigenvalue weighted by Gasteiger charge is -2.19. The lowest BCUT2D eigenvalue weighted by atomic mass is 9.89. The van der Waals surface area contributed by atoms with E-state index in [0.717, 1.165) is 33.4 Å². The van der Waals surface area contributed by atoms with Crippen molar-refractivity contribution in [3.8, 4) is 11.1 Å². The van der Waals surface area contributed by atoms with Crippen LogP contribution in [-0.4, -0.2) is 37.1 Å². The largest absolute Gasteiger partial charge is 0.351 e. The predicted molar refractivity (Wildman–Crippen MR) is 187 cm³/mol. The van der Waals surface area contributed by atoms with Crippen molar-refractivity contribution in [3.63, 3.8) is 0 Å². The monoisotopic (exact) mass is 658 g/mol. The first-order chi connectivity index (χ1) is 21.7. The topological polar surface area (TPSA) is 113 Å². The van der Waals surface area contributed by atoms with E-state index in [1.165, 1.54) is 0 Å². The molecule has 0 aliphatic rings. The summed E-state index contributed by atoms with van der Waals surface area (Å²) in [4.78, 5) is 26.2. The summed E-state index contributed by atoms with van der Waals surface area (Å²) in [5, 5.41) is 6.24. The molecule has 0 fully saturated rings. The van der Waals surface area contributed by atoms with Crippen LogP contribution >= 0.6 is 11.6 Å². The number of nitrogens with one attached hydrogen (secondary N) is 2. The summed E-state index contributed by atoms with van der Waals surface area (Å²) >= 11 is 6.13. The quantitative estimate of drug-likeness (QED) is 0.142. The smallest absolute Gasteiger partial charge is 0.266 e. The van der Waals surface area contributed by atoms with Crippen LogP contribution in [-0.2, 0) is 21.3 Å². The van der Waals surface area contributed by atoms with Crippen molar-refractivity contribution in [2.24, 2.45) is 5.41 Å². The van der Waals surface area contributed by atoms with Gasteiger partial charge in [0.2, 0.25) is 5.91 Å². The molecule has 1 unspecified atom stereocenters. The van der Waals surface area contributed by atoms with Gasteiger partial charge in [-0.15, -0.1) is 0 Å². The van der Waals surface area contributed by atoms with Crippen LogP contribution in [0, 0.1) is 12.3 Å². The maximum Gasteiger partial charge on any atom is 0.266 e. The van der Waals surface area contributed by atoms with Crippen molar-refractivity contribution >= 4 is 45.3 Å². The highest BCUT2D eigenvalue weighted by Crippen LogP contribution is 2.29. The number of carbonyl (C=O) groups is 2. The minimum Gasteiger partial charge on any atom is -0.351 e. The molecular formula is C37H39ClN2O5S. The van der Waals surface area contributed by atoms with Gasteiger partial charge >= 0.3 is 0 Å². The molecule has 0 aliphatic heterocycles. The summed E-state index contributed by atoms with van der Waals surface area (Å²) in [6.07, 6.45) is 4.60. The molecule has 3 N–H and O–H groups in total. The van der Waals surface area contributed by atoms with Crippen LogP contribution in [0.5, 0.6) is 0 Å². The van der Waals surface area contributed by atoms with Crippen molar-refractivity contribution in [2.45, 2.75) is 40.0 Å². The van der Waals surface area contributed by atoms with Gasteiger partial charge < -0.3 is 10.6 Å². The number of hydrogen-bond donors (Lipinski definition) is 3. The average molecular weight is 659 g/mol. The second-order valence-corrected chi connectivity index (χ2v) is 14.4. The molecule has 0 saturated carbocycles. The zero-order valence-corrected chi connectivity index (χ0v) is 28.0. The Bertz CT molecular complexity index is 1810. The lowest BCUT2D eigenvalue weighted by molar-refractivity contribution is -0.117. The Labute approximate surface area is 276 Å². The minimum absolute atomic E-state index is 0.0441. The molecule has 4 rings (SSSR count). The van der Waals surface area contributed by atoms with Gasteiger partial charge in [-0.3, -0.25) is 14.1 Å². The number of benzene rings is 4. The number of anilines is 1. The molecule has 240 valence electrons. The second kappa shape index (κ2) is 14.9. The maximum atomic E-state index is 13.8. The fourth-order valence-corrected chi connectivity index (χ4v) is 5.47. The standard InChI is InChI=1S/C37H39ClN2O5S/c1-25-23-31(38)15-18-33(25)28-13-16-32(17-14-28)40-36(42)34(29-9-5-26(6-10-29)19-20-37(2,3)4)24-27-7-11-30(12-8-27)35(41)39-21-22-46(43,44)45/h5-20,23,34H,21-22,24H2,1-4H3,(H,39,41)(H,40,42)(H,43,44,45)/b20-19+. The van der Waals surface area contributed by atoms with Gasteiger partial charge in [-0.1, -0.05) is 99.1 Å². The number of hydrogen-bond acceptors (Lipinski definition) is 4. The van der Waals surface area contributed by atoms with E-state index in [9.17, 15) is 18.0 Å². The first kappa shape index (κ1) is 34.6. The molecule has 0 aliphatic carbocycles. The van der Waals surface area contributed by atoms with Crippen LogP contribution in [0.2, 0.25) is 5.02 Å². The van der Waals surface area contributed by atoms with E-state index in [2.05, 4.69) is 43.6 Å². The summed E-state index contributed by atoms with van der Waals surface area (Å²) in [7, 11) is -4.17. The molecule has 0 radical (unpaired) electrons. The van der Waals surface area contributed by atoms with E-state index < -0.39 is 27.7 Å². The van der Waals surface area contributed by atoms with Gasteiger partial charge in [0.25, 0.3) is 16.0 Å². The molecule has 46 heavy (non-hydrogen) atoms.